The van der Waals surface area contributed by atoms with Crippen molar-refractivity contribution < 1.29 is 9.59 Å². The highest BCUT2D eigenvalue weighted by Gasteiger charge is 2.34. The Morgan fingerprint density at radius 2 is 1.68 bits per heavy atom. The highest BCUT2D eigenvalue weighted by molar-refractivity contribution is 6.05. The molecule has 4 rings (SSSR count). The van der Waals surface area contributed by atoms with E-state index in [4.69, 9.17) is 0 Å². The Bertz CT molecular complexity index is 883. The van der Waals surface area contributed by atoms with Gasteiger partial charge in [-0.15, -0.1) is 0 Å². The maximum Gasteiger partial charge on any atom is 0.256 e. The normalized spacial score (nSPS) is 16.8. The van der Waals surface area contributed by atoms with Gasteiger partial charge in [-0.05, 0) is 49.6 Å². The van der Waals surface area contributed by atoms with E-state index in [0.29, 0.717) is 24.3 Å². The number of rotatable bonds is 4. The van der Waals surface area contributed by atoms with Crippen molar-refractivity contribution >= 4 is 23.2 Å². The van der Waals surface area contributed by atoms with Crippen molar-refractivity contribution in [2.24, 2.45) is 5.92 Å². The van der Waals surface area contributed by atoms with Gasteiger partial charge < -0.3 is 14.7 Å². The third-order valence-electron chi connectivity index (χ3n) is 5.69. The first-order valence-electron chi connectivity index (χ1n) is 10.0. The van der Waals surface area contributed by atoms with Gasteiger partial charge in [0.15, 0.2) is 0 Å². The van der Waals surface area contributed by atoms with Gasteiger partial charge in [0.1, 0.15) is 0 Å². The summed E-state index contributed by atoms with van der Waals surface area (Å²) < 4.78 is 0. The van der Waals surface area contributed by atoms with E-state index >= 15 is 0 Å². The second-order valence-corrected chi connectivity index (χ2v) is 7.81. The molecule has 1 saturated heterocycles. The van der Waals surface area contributed by atoms with Crippen molar-refractivity contribution in [3.8, 4) is 0 Å². The molecule has 5 nitrogen and oxygen atoms in total. The zero-order valence-electron chi connectivity index (χ0n) is 16.6. The maximum absolute atomic E-state index is 13.2. The lowest BCUT2D eigenvalue weighted by molar-refractivity contribution is -0.119. The molecular weight excluding hydrogens is 350 g/mol. The Kier molecular flexibility index (Phi) is 5.07. The number of anilines is 2. The number of amides is 2. The topological polar surface area (TPSA) is 43.9 Å². The fraction of sp³-hybridized carbons (Fsp3) is 0.391. The van der Waals surface area contributed by atoms with Crippen LogP contribution < -0.4 is 9.80 Å². The third kappa shape index (κ3) is 3.75. The average Bonchev–Trinajstić information content (AvgIpc) is 3.58. The summed E-state index contributed by atoms with van der Waals surface area (Å²) in [4.78, 5) is 31.6. The summed E-state index contributed by atoms with van der Waals surface area (Å²) in [5, 5.41) is 0. The number of hydrogen-bond acceptors (Lipinski definition) is 3. The quantitative estimate of drug-likeness (QED) is 0.821. The molecule has 2 amide bonds. The van der Waals surface area contributed by atoms with E-state index in [2.05, 4.69) is 36.1 Å². The smallest absolute Gasteiger partial charge is 0.256 e. The van der Waals surface area contributed by atoms with E-state index in [1.165, 1.54) is 11.3 Å². The summed E-state index contributed by atoms with van der Waals surface area (Å²) in [6.07, 6.45) is 1.92. The van der Waals surface area contributed by atoms with Gasteiger partial charge in [0.2, 0.25) is 5.91 Å². The van der Waals surface area contributed by atoms with Gasteiger partial charge in [-0.3, -0.25) is 9.59 Å². The minimum absolute atomic E-state index is 0.00920. The van der Waals surface area contributed by atoms with Crippen LogP contribution in [-0.2, 0) is 4.79 Å². The Labute approximate surface area is 166 Å². The van der Waals surface area contributed by atoms with Gasteiger partial charge in [-0.1, -0.05) is 24.3 Å². The largest absolute Gasteiger partial charge is 0.368 e. The molecule has 5 heteroatoms. The van der Waals surface area contributed by atoms with Crippen molar-refractivity contribution in [1.29, 1.82) is 0 Å². The zero-order valence-corrected chi connectivity index (χ0v) is 16.6. The van der Waals surface area contributed by atoms with E-state index in [1.807, 2.05) is 29.2 Å². The van der Waals surface area contributed by atoms with Gasteiger partial charge in [0.05, 0.1) is 11.3 Å². The summed E-state index contributed by atoms with van der Waals surface area (Å²) in [7, 11) is 1.78. The standard InChI is InChI=1S/C23H27N3O2/c1-17-6-5-7-19(16-17)25-12-14-26(15-13-25)23(28)20-8-3-4-9-21(20)24(2)22(27)18-10-11-18/h3-9,16,18H,10-15H2,1-2H3. The number of carbonyl (C=O) groups excluding carboxylic acids is 2. The van der Waals surface area contributed by atoms with E-state index < -0.39 is 0 Å². The summed E-state index contributed by atoms with van der Waals surface area (Å²) in [6.45, 7) is 5.09. The first-order chi connectivity index (χ1) is 13.5. The highest BCUT2D eigenvalue weighted by Crippen LogP contribution is 2.33. The summed E-state index contributed by atoms with van der Waals surface area (Å²) in [6, 6.07) is 15.9. The number of para-hydroxylation sites is 1. The van der Waals surface area contributed by atoms with E-state index in [0.717, 1.165) is 25.9 Å². The first-order valence-corrected chi connectivity index (χ1v) is 10.0. The van der Waals surface area contributed by atoms with E-state index in [-0.39, 0.29) is 17.7 Å². The van der Waals surface area contributed by atoms with Crippen molar-refractivity contribution in [3.05, 3.63) is 59.7 Å². The lowest BCUT2D eigenvalue weighted by Gasteiger charge is -2.36. The molecule has 2 aromatic carbocycles. The van der Waals surface area contributed by atoms with Crippen LogP contribution in [0.2, 0.25) is 0 Å². The van der Waals surface area contributed by atoms with Crippen LogP contribution in [0, 0.1) is 12.8 Å². The molecule has 2 fully saturated rings. The molecule has 0 atom stereocenters. The Balaban J connectivity index is 1.46. The van der Waals surface area contributed by atoms with E-state index in [1.54, 1.807) is 11.9 Å². The second kappa shape index (κ2) is 7.66. The van der Waals surface area contributed by atoms with Crippen molar-refractivity contribution in [3.63, 3.8) is 0 Å². The first kappa shape index (κ1) is 18.5. The Morgan fingerprint density at radius 3 is 2.36 bits per heavy atom. The number of aryl methyl sites for hydroxylation is 1. The minimum atomic E-state index is 0.00920. The Hall–Kier alpha value is -2.82. The van der Waals surface area contributed by atoms with Crippen LogP contribution in [0.3, 0.4) is 0 Å². The highest BCUT2D eigenvalue weighted by atomic mass is 16.2. The summed E-state index contributed by atoms with van der Waals surface area (Å²) >= 11 is 0. The van der Waals surface area contributed by atoms with Gasteiger partial charge in [-0.25, -0.2) is 0 Å². The average molecular weight is 377 g/mol. The van der Waals surface area contributed by atoms with Crippen LogP contribution in [0.5, 0.6) is 0 Å². The van der Waals surface area contributed by atoms with Crippen LogP contribution >= 0.6 is 0 Å². The molecule has 0 aromatic heterocycles. The van der Waals surface area contributed by atoms with Gasteiger partial charge >= 0.3 is 0 Å². The van der Waals surface area contributed by atoms with Crippen molar-refractivity contribution in [2.75, 3.05) is 43.0 Å². The summed E-state index contributed by atoms with van der Waals surface area (Å²) in [5.41, 5.74) is 3.78. The second-order valence-electron chi connectivity index (χ2n) is 7.81. The Morgan fingerprint density at radius 1 is 0.964 bits per heavy atom. The number of benzene rings is 2. The molecule has 0 unspecified atom stereocenters. The molecule has 2 aliphatic rings. The van der Waals surface area contributed by atoms with Crippen LogP contribution in [0.4, 0.5) is 11.4 Å². The summed E-state index contributed by atoms with van der Waals surface area (Å²) in [5.74, 6) is 0.255. The molecular formula is C23H27N3O2. The van der Waals surface area contributed by atoms with Crippen LogP contribution in [0.1, 0.15) is 28.8 Å². The molecule has 0 bridgehead atoms. The third-order valence-corrected chi connectivity index (χ3v) is 5.69. The van der Waals surface area contributed by atoms with Crippen molar-refractivity contribution in [2.45, 2.75) is 19.8 Å². The molecule has 1 saturated carbocycles. The van der Waals surface area contributed by atoms with Crippen LogP contribution in [-0.4, -0.2) is 49.9 Å². The molecule has 1 aliphatic carbocycles. The predicted octanol–water partition coefficient (Wildman–Crippen LogP) is 3.33. The predicted molar refractivity (Wildman–Crippen MR) is 112 cm³/mol. The number of piperazine rings is 1. The lowest BCUT2D eigenvalue weighted by Crippen LogP contribution is -2.49. The molecule has 0 radical (unpaired) electrons. The molecule has 0 N–H and O–H groups in total. The van der Waals surface area contributed by atoms with E-state index in [9.17, 15) is 9.59 Å². The number of carbonyl (C=O) groups is 2. The molecule has 1 heterocycles. The van der Waals surface area contributed by atoms with Gasteiger partial charge in [0, 0.05) is 44.8 Å². The minimum Gasteiger partial charge on any atom is -0.368 e. The zero-order chi connectivity index (χ0) is 19.7. The molecule has 28 heavy (non-hydrogen) atoms. The molecule has 1 aliphatic heterocycles. The fourth-order valence-electron chi connectivity index (χ4n) is 3.83. The fourth-order valence-corrected chi connectivity index (χ4v) is 3.83. The number of hydrogen-bond donors (Lipinski definition) is 0. The molecule has 2 aromatic rings. The van der Waals surface area contributed by atoms with Crippen LogP contribution in [0.25, 0.3) is 0 Å². The van der Waals surface area contributed by atoms with Crippen molar-refractivity contribution in [1.82, 2.24) is 4.90 Å². The lowest BCUT2D eigenvalue weighted by atomic mass is 10.1. The number of nitrogens with zero attached hydrogens (tertiary/aromatic N) is 3. The molecule has 146 valence electrons. The maximum atomic E-state index is 13.2. The van der Waals surface area contributed by atoms with Gasteiger partial charge in [0.25, 0.3) is 5.91 Å². The van der Waals surface area contributed by atoms with Crippen LogP contribution in [0.15, 0.2) is 48.5 Å². The molecule has 0 spiro atoms. The monoisotopic (exact) mass is 377 g/mol. The SMILES string of the molecule is Cc1cccc(N2CCN(C(=O)c3ccccc3N(C)C(=O)C3CC3)CC2)c1. The van der Waals surface area contributed by atoms with Gasteiger partial charge in [-0.2, -0.15) is 0 Å².